The molecule has 0 saturated heterocycles. The number of nitro groups is 1. The highest BCUT2D eigenvalue weighted by molar-refractivity contribution is 5.80. The molecule has 100 valence electrons. The first kappa shape index (κ1) is 13.5. The highest BCUT2D eigenvalue weighted by Crippen LogP contribution is 2.16. The Balaban J connectivity index is 1.99. The molecule has 5 heteroatoms. The second-order valence-corrected chi connectivity index (χ2v) is 4.00. The lowest BCUT2D eigenvalue weighted by molar-refractivity contribution is -0.384. The summed E-state index contributed by atoms with van der Waals surface area (Å²) in [5, 5.41) is 19.6. The molecule has 0 aliphatic carbocycles. The van der Waals surface area contributed by atoms with Crippen LogP contribution in [0.2, 0.25) is 0 Å². The maximum Gasteiger partial charge on any atom is 0.269 e. The number of phenols is 1. The van der Waals surface area contributed by atoms with Crippen molar-refractivity contribution in [2.45, 2.75) is 0 Å². The lowest BCUT2D eigenvalue weighted by Gasteiger charge is -1.93. The maximum absolute atomic E-state index is 10.5. The predicted octanol–water partition coefficient (Wildman–Crippen LogP) is 3.72. The summed E-state index contributed by atoms with van der Waals surface area (Å²) in [6, 6.07) is 12.8. The van der Waals surface area contributed by atoms with Gasteiger partial charge in [-0.2, -0.15) is 0 Å². The normalized spacial score (nSPS) is 11.2. The second kappa shape index (κ2) is 6.29. The molecule has 0 amide bonds. The van der Waals surface area contributed by atoms with Gasteiger partial charge in [-0.15, -0.1) is 0 Å². The van der Waals surface area contributed by atoms with E-state index in [4.69, 9.17) is 5.11 Å². The van der Waals surface area contributed by atoms with Crippen LogP contribution in [0.4, 0.5) is 11.4 Å². The minimum absolute atomic E-state index is 0.0694. The summed E-state index contributed by atoms with van der Waals surface area (Å²) in [4.78, 5) is 14.2. The summed E-state index contributed by atoms with van der Waals surface area (Å²) in [6.45, 7) is 0. The topological polar surface area (TPSA) is 75.7 Å². The van der Waals surface area contributed by atoms with Gasteiger partial charge >= 0.3 is 0 Å². The van der Waals surface area contributed by atoms with Gasteiger partial charge in [0.15, 0.2) is 0 Å². The molecule has 2 rings (SSSR count). The standard InChI is InChI=1S/C15H12N2O3/c18-15-9-5-13(6-10-15)16-11-1-2-12-3-7-14(8-4-12)17(19)20/h1-11,18H. The quantitative estimate of drug-likeness (QED) is 0.521. The van der Waals surface area contributed by atoms with Crippen LogP contribution in [0.25, 0.3) is 6.08 Å². The van der Waals surface area contributed by atoms with Gasteiger partial charge in [0.1, 0.15) is 5.75 Å². The summed E-state index contributed by atoms with van der Waals surface area (Å²) in [6.07, 6.45) is 5.16. The number of hydrogen-bond donors (Lipinski definition) is 1. The van der Waals surface area contributed by atoms with E-state index in [1.165, 1.54) is 12.1 Å². The molecule has 0 unspecified atom stereocenters. The zero-order chi connectivity index (χ0) is 14.4. The van der Waals surface area contributed by atoms with E-state index in [1.807, 2.05) is 0 Å². The fraction of sp³-hybridized carbons (Fsp3) is 0. The third-order valence-electron chi connectivity index (χ3n) is 2.55. The van der Waals surface area contributed by atoms with Crippen molar-refractivity contribution < 1.29 is 10.0 Å². The molecular weight excluding hydrogens is 256 g/mol. The van der Waals surface area contributed by atoms with E-state index in [1.54, 1.807) is 54.8 Å². The minimum Gasteiger partial charge on any atom is -0.508 e. The van der Waals surface area contributed by atoms with Crippen LogP contribution in [-0.2, 0) is 0 Å². The summed E-state index contributed by atoms with van der Waals surface area (Å²) in [5.74, 6) is 0.199. The molecule has 0 heterocycles. The Kier molecular flexibility index (Phi) is 4.24. The largest absolute Gasteiger partial charge is 0.508 e. The number of nitrogens with zero attached hydrogens (tertiary/aromatic N) is 2. The Morgan fingerprint density at radius 1 is 1.05 bits per heavy atom. The summed E-state index contributed by atoms with van der Waals surface area (Å²) in [5.41, 5.74) is 1.66. The number of hydrogen-bond acceptors (Lipinski definition) is 4. The molecular formula is C15H12N2O3. The second-order valence-electron chi connectivity index (χ2n) is 4.00. The van der Waals surface area contributed by atoms with Crippen molar-refractivity contribution in [1.29, 1.82) is 0 Å². The smallest absolute Gasteiger partial charge is 0.269 e. The van der Waals surface area contributed by atoms with Gasteiger partial charge in [0.2, 0.25) is 0 Å². The third-order valence-corrected chi connectivity index (χ3v) is 2.55. The van der Waals surface area contributed by atoms with Crippen LogP contribution in [0.3, 0.4) is 0 Å². The SMILES string of the molecule is O=[N+]([O-])c1ccc(C=CC=Nc2ccc(O)cc2)cc1. The van der Waals surface area contributed by atoms with Gasteiger partial charge in [-0.05, 0) is 48.0 Å². The van der Waals surface area contributed by atoms with E-state index in [9.17, 15) is 10.1 Å². The van der Waals surface area contributed by atoms with Crippen LogP contribution in [-0.4, -0.2) is 16.2 Å². The van der Waals surface area contributed by atoms with Crippen LogP contribution >= 0.6 is 0 Å². The Bertz CT molecular complexity index is 644. The highest BCUT2D eigenvalue weighted by Gasteiger charge is 2.01. The molecule has 0 aromatic heterocycles. The average Bonchev–Trinajstić information content (AvgIpc) is 2.46. The van der Waals surface area contributed by atoms with Crippen LogP contribution < -0.4 is 0 Å². The monoisotopic (exact) mass is 268 g/mol. The molecule has 1 N–H and O–H groups in total. The fourth-order valence-corrected chi connectivity index (χ4v) is 1.53. The van der Waals surface area contributed by atoms with E-state index in [-0.39, 0.29) is 11.4 Å². The van der Waals surface area contributed by atoms with E-state index >= 15 is 0 Å². The Morgan fingerprint density at radius 3 is 2.30 bits per heavy atom. The van der Waals surface area contributed by atoms with Gasteiger partial charge in [0.05, 0.1) is 10.6 Å². The zero-order valence-corrected chi connectivity index (χ0v) is 10.5. The van der Waals surface area contributed by atoms with Crippen molar-refractivity contribution in [1.82, 2.24) is 0 Å². The molecule has 20 heavy (non-hydrogen) atoms. The van der Waals surface area contributed by atoms with E-state index in [0.717, 1.165) is 11.3 Å². The van der Waals surface area contributed by atoms with Gasteiger partial charge in [0, 0.05) is 18.3 Å². The molecule has 0 spiro atoms. The van der Waals surface area contributed by atoms with Gasteiger partial charge in [-0.25, -0.2) is 0 Å². The molecule has 2 aromatic carbocycles. The Morgan fingerprint density at radius 2 is 1.70 bits per heavy atom. The van der Waals surface area contributed by atoms with Crippen molar-refractivity contribution in [3.8, 4) is 5.75 Å². The van der Waals surface area contributed by atoms with Crippen molar-refractivity contribution in [2.24, 2.45) is 4.99 Å². The molecule has 0 saturated carbocycles. The summed E-state index contributed by atoms with van der Waals surface area (Å²) >= 11 is 0. The van der Waals surface area contributed by atoms with Crippen molar-refractivity contribution in [3.63, 3.8) is 0 Å². The third kappa shape index (κ3) is 3.78. The number of phenolic OH excluding ortho intramolecular Hbond substituents is 1. The van der Waals surface area contributed by atoms with E-state index in [2.05, 4.69) is 4.99 Å². The predicted molar refractivity (Wildman–Crippen MR) is 78.4 cm³/mol. The van der Waals surface area contributed by atoms with Crippen LogP contribution in [0.5, 0.6) is 5.75 Å². The fourth-order valence-electron chi connectivity index (χ4n) is 1.53. The maximum atomic E-state index is 10.5. The van der Waals surface area contributed by atoms with Gasteiger partial charge in [-0.1, -0.05) is 6.08 Å². The highest BCUT2D eigenvalue weighted by atomic mass is 16.6. The van der Waals surface area contributed by atoms with Crippen molar-refractivity contribution in [3.05, 3.63) is 70.3 Å². The average molecular weight is 268 g/mol. The first-order valence-corrected chi connectivity index (χ1v) is 5.89. The Hall–Kier alpha value is -2.95. The molecule has 0 radical (unpaired) electrons. The molecule has 5 nitrogen and oxygen atoms in total. The Labute approximate surface area is 115 Å². The number of aromatic hydroxyl groups is 1. The van der Waals surface area contributed by atoms with Crippen LogP contribution in [0.1, 0.15) is 5.56 Å². The molecule has 2 aromatic rings. The molecule has 0 bridgehead atoms. The number of nitro benzene ring substituents is 1. The van der Waals surface area contributed by atoms with E-state index in [0.29, 0.717) is 0 Å². The minimum atomic E-state index is -0.431. The first-order valence-electron chi connectivity index (χ1n) is 5.89. The lowest BCUT2D eigenvalue weighted by Crippen LogP contribution is -1.86. The number of rotatable bonds is 4. The first-order chi connectivity index (χ1) is 9.65. The zero-order valence-electron chi connectivity index (χ0n) is 10.5. The molecule has 0 atom stereocenters. The van der Waals surface area contributed by atoms with Crippen molar-refractivity contribution in [2.75, 3.05) is 0 Å². The number of allylic oxidation sites excluding steroid dienone is 1. The summed E-state index contributed by atoms with van der Waals surface area (Å²) < 4.78 is 0. The van der Waals surface area contributed by atoms with Gasteiger partial charge in [-0.3, -0.25) is 15.1 Å². The number of benzene rings is 2. The molecule has 0 aliphatic heterocycles. The summed E-state index contributed by atoms with van der Waals surface area (Å²) in [7, 11) is 0. The van der Waals surface area contributed by atoms with Crippen molar-refractivity contribution >= 4 is 23.7 Å². The van der Waals surface area contributed by atoms with E-state index < -0.39 is 4.92 Å². The van der Waals surface area contributed by atoms with Crippen LogP contribution in [0, 0.1) is 10.1 Å². The molecule has 0 fully saturated rings. The van der Waals surface area contributed by atoms with Crippen LogP contribution in [0.15, 0.2) is 59.6 Å². The van der Waals surface area contributed by atoms with Gasteiger partial charge < -0.3 is 5.11 Å². The number of non-ortho nitro benzene ring substituents is 1. The molecule has 0 aliphatic rings. The lowest BCUT2D eigenvalue weighted by atomic mass is 10.2. The number of aliphatic imine (C=N–C) groups is 1. The van der Waals surface area contributed by atoms with Gasteiger partial charge in [0.25, 0.3) is 5.69 Å².